The maximum atomic E-state index is 4.96. The molecule has 0 spiro atoms. The van der Waals surface area contributed by atoms with E-state index < -0.39 is 0 Å². The van der Waals surface area contributed by atoms with Crippen LogP contribution in [0.4, 0.5) is 0 Å². The van der Waals surface area contributed by atoms with Gasteiger partial charge in [0, 0.05) is 27.2 Å². The highest BCUT2D eigenvalue weighted by molar-refractivity contribution is 5.79. The van der Waals surface area contributed by atoms with Crippen LogP contribution in [0.5, 0.6) is 0 Å². The van der Waals surface area contributed by atoms with Gasteiger partial charge in [-0.2, -0.15) is 0 Å². The quantitative estimate of drug-likeness (QED) is 0.381. The first kappa shape index (κ1) is 14.2. The first-order valence-electron chi connectivity index (χ1n) is 5.71. The third-order valence-electron chi connectivity index (χ3n) is 2.54. The largest absolute Gasteiger partial charge is 0.383 e. The molecule has 0 aromatic carbocycles. The molecule has 0 amide bonds. The Morgan fingerprint density at radius 2 is 1.93 bits per heavy atom. The van der Waals surface area contributed by atoms with E-state index >= 15 is 0 Å². The average Bonchev–Trinajstić information content (AvgIpc) is 2.28. The number of hydrogen-bond acceptors (Lipinski definition) is 2. The van der Waals surface area contributed by atoms with E-state index in [-0.39, 0.29) is 0 Å². The van der Waals surface area contributed by atoms with Crippen molar-refractivity contribution in [1.82, 2.24) is 10.6 Å². The van der Waals surface area contributed by atoms with Gasteiger partial charge in [-0.05, 0) is 5.92 Å². The molecule has 0 heterocycles. The summed E-state index contributed by atoms with van der Waals surface area (Å²) in [5.74, 6) is 1.59. The number of ether oxygens (including phenoxy) is 1. The molecule has 0 unspecified atom stereocenters. The van der Waals surface area contributed by atoms with Crippen LogP contribution in [0.25, 0.3) is 0 Å². The normalized spacial score (nSPS) is 11.9. The van der Waals surface area contributed by atoms with E-state index in [1.807, 2.05) is 0 Å². The van der Waals surface area contributed by atoms with Crippen LogP contribution in [0.2, 0.25) is 0 Å². The molecule has 0 aromatic heterocycles. The van der Waals surface area contributed by atoms with Crippen molar-refractivity contribution < 1.29 is 4.74 Å². The average molecular weight is 215 g/mol. The van der Waals surface area contributed by atoms with E-state index in [0.717, 1.165) is 25.0 Å². The summed E-state index contributed by atoms with van der Waals surface area (Å²) in [6.45, 7) is 6.92. The molecule has 0 atom stereocenters. The zero-order valence-electron chi connectivity index (χ0n) is 10.5. The minimum absolute atomic E-state index is 0.700. The highest BCUT2D eigenvalue weighted by atomic mass is 16.5. The number of rotatable bonds is 7. The molecule has 0 bridgehead atoms. The summed E-state index contributed by atoms with van der Waals surface area (Å²) in [7, 11) is 3.48. The van der Waals surface area contributed by atoms with E-state index in [9.17, 15) is 0 Å². The molecule has 4 heteroatoms. The lowest BCUT2D eigenvalue weighted by atomic mass is 10.0. The molecule has 0 fully saturated rings. The van der Waals surface area contributed by atoms with Gasteiger partial charge < -0.3 is 15.4 Å². The van der Waals surface area contributed by atoms with Crippen LogP contribution in [0.3, 0.4) is 0 Å². The molecule has 0 aromatic rings. The Morgan fingerprint density at radius 1 is 1.27 bits per heavy atom. The molecule has 2 N–H and O–H groups in total. The molecule has 0 rings (SSSR count). The fourth-order valence-electron chi connectivity index (χ4n) is 1.31. The standard InChI is InChI=1S/C11H25N3O/c1-5-10(6-2)9-14-11(12-3)13-7-8-15-4/h10H,5-9H2,1-4H3,(H2,12,13,14). The number of nitrogens with one attached hydrogen (secondary N) is 2. The third kappa shape index (κ3) is 7.19. The van der Waals surface area contributed by atoms with Gasteiger partial charge in [0.15, 0.2) is 5.96 Å². The Balaban J connectivity index is 3.70. The lowest BCUT2D eigenvalue weighted by molar-refractivity contribution is 0.203. The summed E-state index contributed by atoms with van der Waals surface area (Å²) < 4.78 is 4.96. The Labute approximate surface area is 93.5 Å². The Kier molecular flexibility index (Phi) is 9.27. The van der Waals surface area contributed by atoms with Crippen molar-refractivity contribution in [3.8, 4) is 0 Å². The second-order valence-electron chi connectivity index (χ2n) is 3.56. The van der Waals surface area contributed by atoms with Crippen LogP contribution in [0.1, 0.15) is 26.7 Å². The topological polar surface area (TPSA) is 45.7 Å². The molecule has 90 valence electrons. The zero-order chi connectivity index (χ0) is 11.5. The molecule has 0 aliphatic carbocycles. The van der Waals surface area contributed by atoms with Crippen molar-refractivity contribution in [3.63, 3.8) is 0 Å². The van der Waals surface area contributed by atoms with E-state index in [4.69, 9.17) is 4.74 Å². The van der Waals surface area contributed by atoms with Gasteiger partial charge in [-0.3, -0.25) is 4.99 Å². The highest BCUT2D eigenvalue weighted by Crippen LogP contribution is 2.04. The molecule has 0 aliphatic heterocycles. The summed E-state index contributed by atoms with van der Waals surface area (Å²) in [5, 5.41) is 6.50. The maximum absolute atomic E-state index is 4.96. The highest BCUT2D eigenvalue weighted by Gasteiger charge is 2.04. The van der Waals surface area contributed by atoms with Crippen LogP contribution >= 0.6 is 0 Å². The van der Waals surface area contributed by atoms with Crippen molar-refractivity contribution in [2.24, 2.45) is 10.9 Å². The second kappa shape index (κ2) is 9.77. The maximum Gasteiger partial charge on any atom is 0.191 e. The Bertz CT molecular complexity index is 167. The molecule has 0 saturated carbocycles. The van der Waals surface area contributed by atoms with Gasteiger partial charge in [0.2, 0.25) is 0 Å². The van der Waals surface area contributed by atoms with Gasteiger partial charge in [-0.25, -0.2) is 0 Å². The van der Waals surface area contributed by atoms with Gasteiger partial charge in [-0.1, -0.05) is 26.7 Å². The van der Waals surface area contributed by atoms with E-state index in [0.29, 0.717) is 6.61 Å². The molecular weight excluding hydrogens is 190 g/mol. The van der Waals surface area contributed by atoms with Gasteiger partial charge in [-0.15, -0.1) is 0 Å². The first-order chi connectivity index (χ1) is 7.28. The Morgan fingerprint density at radius 3 is 2.40 bits per heavy atom. The van der Waals surface area contributed by atoms with Gasteiger partial charge in [0.25, 0.3) is 0 Å². The molecule has 0 aliphatic rings. The fourth-order valence-corrected chi connectivity index (χ4v) is 1.31. The fraction of sp³-hybridized carbons (Fsp3) is 0.909. The van der Waals surface area contributed by atoms with Crippen LogP contribution in [-0.4, -0.2) is 39.8 Å². The number of guanidine groups is 1. The van der Waals surface area contributed by atoms with Gasteiger partial charge in [0.05, 0.1) is 6.61 Å². The summed E-state index contributed by atoms with van der Waals surface area (Å²) in [4.78, 5) is 4.14. The van der Waals surface area contributed by atoms with Crippen LogP contribution < -0.4 is 10.6 Å². The summed E-state index contributed by atoms with van der Waals surface area (Å²) in [6.07, 6.45) is 2.41. The van der Waals surface area contributed by atoms with E-state index in [2.05, 4.69) is 29.5 Å². The molecule has 15 heavy (non-hydrogen) atoms. The Hall–Kier alpha value is -0.770. The lowest BCUT2D eigenvalue weighted by Crippen LogP contribution is -2.40. The SMILES string of the molecule is CCC(CC)CNC(=NC)NCCOC. The molecule has 0 saturated heterocycles. The number of nitrogens with zero attached hydrogens (tertiary/aromatic N) is 1. The first-order valence-corrected chi connectivity index (χ1v) is 5.71. The monoisotopic (exact) mass is 215 g/mol. The minimum Gasteiger partial charge on any atom is -0.383 e. The number of hydrogen-bond donors (Lipinski definition) is 2. The zero-order valence-corrected chi connectivity index (χ0v) is 10.5. The predicted octanol–water partition coefficient (Wildman–Crippen LogP) is 1.23. The summed E-state index contributed by atoms with van der Waals surface area (Å²) in [6, 6.07) is 0. The van der Waals surface area contributed by atoms with Crippen LogP contribution in [0, 0.1) is 5.92 Å². The molecular formula is C11H25N3O. The predicted molar refractivity (Wildman–Crippen MR) is 65.3 cm³/mol. The third-order valence-corrected chi connectivity index (χ3v) is 2.54. The van der Waals surface area contributed by atoms with Gasteiger partial charge >= 0.3 is 0 Å². The van der Waals surface area contributed by atoms with Crippen molar-refractivity contribution >= 4 is 5.96 Å². The van der Waals surface area contributed by atoms with Crippen LogP contribution in [-0.2, 0) is 4.74 Å². The van der Waals surface area contributed by atoms with E-state index in [1.54, 1.807) is 14.2 Å². The molecule has 4 nitrogen and oxygen atoms in total. The van der Waals surface area contributed by atoms with Crippen molar-refractivity contribution in [1.29, 1.82) is 0 Å². The number of aliphatic imine (C=N–C) groups is 1. The summed E-state index contributed by atoms with van der Waals surface area (Å²) >= 11 is 0. The lowest BCUT2D eigenvalue weighted by Gasteiger charge is -2.16. The minimum atomic E-state index is 0.700. The van der Waals surface area contributed by atoms with Crippen LogP contribution in [0.15, 0.2) is 4.99 Å². The number of methoxy groups -OCH3 is 1. The smallest absolute Gasteiger partial charge is 0.191 e. The molecule has 0 radical (unpaired) electrons. The van der Waals surface area contributed by atoms with Gasteiger partial charge in [0.1, 0.15) is 0 Å². The second-order valence-corrected chi connectivity index (χ2v) is 3.56. The van der Waals surface area contributed by atoms with E-state index in [1.165, 1.54) is 12.8 Å². The van der Waals surface area contributed by atoms with Crippen molar-refractivity contribution in [2.75, 3.05) is 33.9 Å². The van der Waals surface area contributed by atoms with Crippen molar-refractivity contribution in [2.45, 2.75) is 26.7 Å². The summed E-state index contributed by atoms with van der Waals surface area (Å²) in [5.41, 5.74) is 0. The van der Waals surface area contributed by atoms with Crippen molar-refractivity contribution in [3.05, 3.63) is 0 Å².